The number of imidazole rings is 1. The summed E-state index contributed by atoms with van der Waals surface area (Å²) in [6.45, 7) is 0. The summed E-state index contributed by atoms with van der Waals surface area (Å²) in [4.78, 5) is 8.40. The van der Waals surface area contributed by atoms with E-state index in [9.17, 15) is 0 Å². The fraction of sp³-hybridized carbons (Fsp3) is 0. The quantitative estimate of drug-likeness (QED) is 0.602. The molecule has 0 unspecified atom stereocenters. The lowest BCUT2D eigenvalue weighted by atomic mass is 10.3. The number of rotatable bonds is 0. The summed E-state index contributed by atoms with van der Waals surface area (Å²) in [5, 5.41) is 1.03. The van der Waals surface area contributed by atoms with Crippen molar-refractivity contribution in [3.8, 4) is 0 Å². The minimum atomic E-state index is 0.510. The van der Waals surface area contributed by atoms with E-state index < -0.39 is 0 Å². The third-order valence-electron chi connectivity index (χ3n) is 2.27. The summed E-state index contributed by atoms with van der Waals surface area (Å²) < 4.78 is 1.92. The Morgan fingerprint density at radius 2 is 1.87 bits per heavy atom. The van der Waals surface area contributed by atoms with Gasteiger partial charge in [-0.3, -0.25) is 9.38 Å². The molecule has 0 atom stereocenters. The summed E-state index contributed by atoms with van der Waals surface area (Å²) >= 11 is 11.9. The number of hydrogen-bond acceptors (Lipinski definition) is 2. The number of hydrogen-bond donors (Lipinski definition) is 0. The summed E-state index contributed by atoms with van der Waals surface area (Å²) in [5.74, 6) is 0. The van der Waals surface area contributed by atoms with Crippen LogP contribution in [0.3, 0.4) is 0 Å². The molecule has 3 nitrogen and oxygen atoms in total. The first-order chi connectivity index (χ1) is 7.25. The molecule has 3 rings (SSSR count). The van der Waals surface area contributed by atoms with E-state index >= 15 is 0 Å². The fourth-order valence-corrected chi connectivity index (χ4v) is 1.88. The van der Waals surface area contributed by atoms with Crippen LogP contribution >= 0.6 is 23.2 Å². The maximum Gasteiger partial charge on any atom is 0.155 e. The fourth-order valence-electron chi connectivity index (χ4n) is 1.56. The zero-order valence-electron chi connectivity index (χ0n) is 7.48. The van der Waals surface area contributed by atoms with Gasteiger partial charge in [0.15, 0.2) is 5.65 Å². The van der Waals surface area contributed by atoms with Gasteiger partial charge in [0.2, 0.25) is 0 Å². The molecule has 0 fully saturated rings. The van der Waals surface area contributed by atoms with Crippen molar-refractivity contribution < 1.29 is 0 Å². The van der Waals surface area contributed by atoms with Crippen molar-refractivity contribution in [3.05, 3.63) is 40.8 Å². The molecule has 15 heavy (non-hydrogen) atoms. The maximum absolute atomic E-state index is 5.96. The van der Waals surface area contributed by atoms with Crippen LogP contribution in [-0.2, 0) is 0 Å². The van der Waals surface area contributed by atoms with Gasteiger partial charge >= 0.3 is 0 Å². The molecule has 0 aliphatic carbocycles. The maximum atomic E-state index is 5.96. The van der Waals surface area contributed by atoms with Gasteiger partial charge in [-0.2, -0.15) is 0 Å². The van der Waals surface area contributed by atoms with Gasteiger partial charge in [-0.15, -0.1) is 0 Å². The first-order valence-corrected chi connectivity index (χ1v) is 5.08. The van der Waals surface area contributed by atoms with Crippen LogP contribution in [0.25, 0.3) is 16.7 Å². The molecule has 0 saturated carbocycles. The zero-order valence-corrected chi connectivity index (χ0v) is 9.00. The Kier molecular flexibility index (Phi) is 1.84. The summed E-state index contributed by atoms with van der Waals surface area (Å²) in [7, 11) is 0. The summed E-state index contributed by atoms with van der Waals surface area (Å²) in [5.41, 5.74) is 2.50. The summed E-state index contributed by atoms with van der Waals surface area (Å²) in [6.07, 6.45) is 5.29. The molecule has 2 aromatic heterocycles. The number of fused-ring (bicyclic) bond motifs is 3. The third-order valence-corrected chi connectivity index (χ3v) is 2.99. The molecule has 0 aliphatic heterocycles. The van der Waals surface area contributed by atoms with Gasteiger partial charge in [0, 0.05) is 12.4 Å². The van der Waals surface area contributed by atoms with E-state index in [4.69, 9.17) is 23.2 Å². The minimum Gasteiger partial charge on any atom is -0.297 e. The highest BCUT2D eigenvalue weighted by Crippen LogP contribution is 2.26. The van der Waals surface area contributed by atoms with Gasteiger partial charge in [0.05, 0.1) is 27.3 Å². The Balaban J connectivity index is 2.57. The number of benzene rings is 1. The van der Waals surface area contributed by atoms with E-state index in [1.54, 1.807) is 24.5 Å². The average Bonchev–Trinajstić information content (AvgIpc) is 2.68. The van der Waals surface area contributed by atoms with Crippen LogP contribution in [0.15, 0.2) is 30.7 Å². The van der Waals surface area contributed by atoms with Crippen LogP contribution in [0.2, 0.25) is 10.0 Å². The van der Waals surface area contributed by atoms with Crippen molar-refractivity contribution in [2.24, 2.45) is 0 Å². The van der Waals surface area contributed by atoms with Crippen molar-refractivity contribution >= 4 is 39.9 Å². The normalized spacial score (nSPS) is 11.3. The molecule has 74 valence electrons. The monoisotopic (exact) mass is 237 g/mol. The van der Waals surface area contributed by atoms with Crippen molar-refractivity contribution in [2.45, 2.75) is 0 Å². The van der Waals surface area contributed by atoms with Crippen LogP contribution in [-0.4, -0.2) is 14.4 Å². The Morgan fingerprint density at radius 3 is 2.73 bits per heavy atom. The van der Waals surface area contributed by atoms with Crippen LogP contribution in [0.4, 0.5) is 0 Å². The van der Waals surface area contributed by atoms with Crippen molar-refractivity contribution in [1.82, 2.24) is 14.4 Å². The van der Waals surface area contributed by atoms with Gasteiger partial charge in [-0.25, -0.2) is 4.98 Å². The highest BCUT2D eigenvalue weighted by Gasteiger charge is 2.05. The van der Waals surface area contributed by atoms with Crippen molar-refractivity contribution in [2.75, 3.05) is 0 Å². The Morgan fingerprint density at radius 1 is 1.07 bits per heavy atom. The first kappa shape index (κ1) is 8.95. The van der Waals surface area contributed by atoms with E-state index in [0.29, 0.717) is 10.0 Å². The lowest BCUT2D eigenvalue weighted by molar-refractivity contribution is 1.21. The standard InChI is InChI=1S/C10H5Cl2N3/c11-6-3-8-9(4-7(6)12)15-2-1-13-10(15)5-14-8/h1-5H. The van der Waals surface area contributed by atoms with E-state index in [0.717, 1.165) is 16.7 Å². The molecule has 3 aromatic rings. The molecule has 0 N–H and O–H groups in total. The molecule has 2 heterocycles. The second kappa shape index (κ2) is 3.08. The minimum absolute atomic E-state index is 0.510. The third kappa shape index (κ3) is 1.28. The predicted octanol–water partition coefficient (Wildman–Crippen LogP) is 3.19. The first-order valence-electron chi connectivity index (χ1n) is 4.32. The summed E-state index contributed by atoms with van der Waals surface area (Å²) in [6, 6.07) is 3.54. The SMILES string of the molecule is Clc1cc2ncc3nccn3c2cc1Cl. The zero-order chi connectivity index (χ0) is 10.4. The van der Waals surface area contributed by atoms with Crippen LogP contribution < -0.4 is 0 Å². The van der Waals surface area contributed by atoms with Gasteiger partial charge in [0.1, 0.15) is 0 Å². The lowest BCUT2D eigenvalue weighted by Crippen LogP contribution is -1.90. The highest BCUT2D eigenvalue weighted by molar-refractivity contribution is 6.42. The van der Waals surface area contributed by atoms with Crippen LogP contribution in [0, 0.1) is 0 Å². The van der Waals surface area contributed by atoms with Crippen molar-refractivity contribution in [3.63, 3.8) is 0 Å². The van der Waals surface area contributed by atoms with E-state index in [-0.39, 0.29) is 0 Å². The highest BCUT2D eigenvalue weighted by atomic mass is 35.5. The number of nitrogens with zero attached hydrogens (tertiary/aromatic N) is 3. The largest absolute Gasteiger partial charge is 0.297 e. The Bertz CT molecular complexity index is 660. The van der Waals surface area contributed by atoms with E-state index in [1.807, 2.05) is 10.6 Å². The van der Waals surface area contributed by atoms with Gasteiger partial charge in [-0.1, -0.05) is 23.2 Å². The van der Waals surface area contributed by atoms with Crippen LogP contribution in [0.1, 0.15) is 0 Å². The molecular weight excluding hydrogens is 233 g/mol. The smallest absolute Gasteiger partial charge is 0.155 e. The molecule has 1 aromatic carbocycles. The van der Waals surface area contributed by atoms with Gasteiger partial charge in [0.25, 0.3) is 0 Å². The van der Waals surface area contributed by atoms with Gasteiger partial charge in [-0.05, 0) is 12.1 Å². The molecule has 5 heteroatoms. The predicted molar refractivity (Wildman–Crippen MR) is 60.5 cm³/mol. The molecule has 0 bridgehead atoms. The second-order valence-electron chi connectivity index (χ2n) is 3.17. The van der Waals surface area contributed by atoms with Crippen molar-refractivity contribution in [1.29, 1.82) is 0 Å². The number of halogens is 2. The van der Waals surface area contributed by atoms with Crippen LogP contribution in [0.5, 0.6) is 0 Å². The van der Waals surface area contributed by atoms with E-state index in [2.05, 4.69) is 9.97 Å². The Hall–Kier alpha value is -1.32. The van der Waals surface area contributed by atoms with E-state index in [1.165, 1.54) is 0 Å². The number of aromatic nitrogens is 3. The molecule has 0 aliphatic rings. The average molecular weight is 238 g/mol. The molecule has 0 spiro atoms. The Labute approximate surface area is 95.3 Å². The molecule has 0 amide bonds. The topological polar surface area (TPSA) is 30.2 Å². The molecule has 0 saturated heterocycles. The molecular formula is C10H5Cl2N3. The lowest BCUT2D eigenvalue weighted by Gasteiger charge is -2.02. The second-order valence-corrected chi connectivity index (χ2v) is 3.98. The van der Waals surface area contributed by atoms with Gasteiger partial charge < -0.3 is 0 Å². The molecule has 0 radical (unpaired) electrons.